The average molecular weight is 300 g/mol. The van der Waals surface area contributed by atoms with Crippen LogP contribution in [-0.4, -0.2) is 14.0 Å². The second-order valence-corrected chi connectivity index (χ2v) is 7.39. The molecule has 0 amide bonds. The van der Waals surface area contributed by atoms with E-state index >= 15 is 0 Å². The SMILES string of the molecule is C[C@](C#N)(NS(=O)(=O)c1ccc2ccccc2c1)C1CC1. The van der Waals surface area contributed by atoms with E-state index in [1.54, 1.807) is 25.1 Å². The minimum atomic E-state index is -3.70. The number of hydrogen-bond acceptors (Lipinski definition) is 3. The van der Waals surface area contributed by atoms with E-state index in [1.165, 1.54) is 0 Å². The first-order valence-electron chi connectivity index (χ1n) is 6.89. The molecule has 108 valence electrons. The van der Waals surface area contributed by atoms with E-state index in [-0.39, 0.29) is 10.8 Å². The maximum absolute atomic E-state index is 12.5. The molecule has 1 aliphatic rings. The fraction of sp³-hybridized carbons (Fsp3) is 0.312. The molecule has 2 aromatic rings. The topological polar surface area (TPSA) is 70.0 Å². The molecule has 3 rings (SSSR count). The van der Waals surface area contributed by atoms with Crippen molar-refractivity contribution in [2.75, 3.05) is 0 Å². The first-order chi connectivity index (χ1) is 9.94. The predicted molar refractivity (Wildman–Crippen MR) is 81.0 cm³/mol. The molecule has 21 heavy (non-hydrogen) atoms. The molecule has 0 aromatic heterocycles. The van der Waals surface area contributed by atoms with E-state index in [0.717, 1.165) is 23.6 Å². The van der Waals surface area contributed by atoms with Crippen molar-refractivity contribution in [1.82, 2.24) is 4.72 Å². The normalized spacial score (nSPS) is 18.1. The summed E-state index contributed by atoms with van der Waals surface area (Å²) in [4.78, 5) is 0.198. The molecule has 5 heteroatoms. The van der Waals surface area contributed by atoms with E-state index in [4.69, 9.17) is 0 Å². The van der Waals surface area contributed by atoms with Gasteiger partial charge in [0, 0.05) is 0 Å². The largest absolute Gasteiger partial charge is 0.241 e. The average Bonchev–Trinajstić information content (AvgIpc) is 3.31. The molecule has 2 aromatic carbocycles. The minimum Gasteiger partial charge on any atom is -0.207 e. The fourth-order valence-electron chi connectivity index (χ4n) is 2.53. The highest BCUT2D eigenvalue weighted by atomic mass is 32.2. The van der Waals surface area contributed by atoms with E-state index in [1.807, 2.05) is 24.3 Å². The van der Waals surface area contributed by atoms with Gasteiger partial charge < -0.3 is 0 Å². The van der Waals surface area contributed by atoms with Gasteiger partial charge in [0.05, 0.1) is 11.0 Å². The number of fused-ring (bicyclic) bond motifs is 1. The summed E-state index contributed by atoms with van der Waals surface area (Å²) in [6.45, 7) is 1.66. The summed E-state index contributed by atoms with van der Waals surface area (Å²) in [5, 5.41) is 11.2. The van der Waals surface area contributed by atoms with Crippen molar-refractivity contribution in [2.24, 2.45) is 5.92 Å². The first kappa shape index (κ1) is 14.1. The Morgan fingerprint density at radius 2 is 1.86 bits per heavy atom. The van der Waals surface area contributed by atoms with Crippen LogP contribution >= 0.6 is 0 Å². The third-order valence-corrected chi connectivity index (χ3v) is 5.57. The Labute approximate surface area is 124 Å². The molecule has 1 N–H and O–H groups in total. The Kier molecular flexibility index (Phi) is 3.23. The standard InChI is InChI=1S/C16H16N2O2S/c1-16(11-17,14-7-8-14)18-21(19,20)15-9-6-12-4-2-3-5-13(12)10-15/h2-6,9-10,14,18H,7-8H2,1H3/t16-/m1/s1. The van der Waals surface area contributed by atoms with Crippen LogP contribution in [0.5, 0.6) is 0 Å². The van der Waals surface area contributed by atoms with Crippen molar-refractivity contribution < 1.29 is 8.42 Å². The number of nitriles is 1. The van der Waals surface area contributed by atoms with Crippen molar-refractivity contribution in [3.8, 4) is 6.07 Å². The van der Waals surface area contributed by atoms with Crippen LogP contribution < -0.4 is 4.72 Å². The quantitative estimate of drug-likeness (QED) is 0.944. The van der Waals surface area contributed by atoms with Gasteiger partial charge in [-0.25, -0.2) is 8.42 Å². The van der Waals surface area contributed by atoms with Crippen molar-refractivity contribution in [3.63, 3.8) is 0 Å². The summed E-state index contributed by atoms with van der Waals surface area (Å²) < 4.78 is 27.6. The van der Waals surface area contributed by atoms with Crippen LogP contribution in [0.3, 0.4) is 0 Å². The van der Waals surface area contributed by atoms with Crippen LogP contribution in [0, 0.1) is 17.2 Å². The van der Waals surface area contributed by atoms with Gasteiger partial charge in [0.2, 0.25) is 10.0 Å². The molecule has 1 saturated carbocycles. The van der Waals surface area contributed by atoms with Gasteiger partial charge >= 0.3 is 0 Å². The maximum Gasteiger partial charge on any atom is 0.241 e. The second kappa shape index (κ2) is 4.83. The molecule has 0 bridgehead atoms. The lowest BCUT2D eigenvalue weighted by atomic mass is 10.0. The van der Waals surface area contributed by atoms with E-state index in [2.05, 4.69) is 10.8 Å². The lowest BCUT2D eigenvalue weighted by Gasteiger charge is -2.22. The van der Waals surface area contributed by atoms with Crippen LogP contribution in [0.2, 0.25) is 0 Å². The number of sulfonamides is 1. The molecule has 0 radical (unpaired) electrons. The molecular formula is C16H16N2O2S. The maximum atomic E-state index is 12.5. The van der Waals surface area contributed by atoms with Crippen molar-refractivity contribution in [2.45, 2.75) is 30.2 Å². The van der Waals surface area contributed by atoms with Gasteiger partial charge in [-0.2, -0.15) is 9.98 Å². The number of nitrogens with zero attached hydrogens (tertiary/aromatic N) is 1. The van der Waals surface area contributed by atoms with E-state index in [0.29, 0.717) is 0 Å². The highest BCUT2D eigenvalue weighted by Gasteiger charge is 2.44. The molecule has 0 saturated heterocycles. The van der Waals surface area contributed by atoms with Gasteiger partial charge in [0.1, 0.15) is 5.54 Å². The zero-order valence-electron chi connectivity index (χ0n) is 11.7. The highest BCUT2D eigenvalue weighted by Crippen LogP contribution is 2.40. The number of nitrogens with one attached hydrogen (secondary N) is 1. The van der Waals surface area contributed by atoms with Crippen LogP contribution in [0.1, 0.15) is 19.8 Å². The third kappa shape index (κ3) is 2.65. The summed E-state index contributed by atoms with van der Waals surface area (Å²) in [5.41, 5.74) is -1.02. The summed E-state index contributed by atoms with van der Waals surface area (Å²) in [6, 6.07) is 14.7. The first-order valence-corrected chi connectivity index (χ1v) is 8.37. The lowest BCUT2D eigenvalue weighted by molar-refractivity contribution is 0.458. The summed E-state index contributed by atoms with van der Waals surface area (Å²) >= 11 is 0. The summed E-state index contributed by atoms with van der Waals surface area (Å²) in [5.74, 6) is 0.109. The highest BCUT2D eigenvalue weighted by molar-refractivity contribution is 7.89. The smallest absolute Gasteiger partial charge is 0.207 e. The van der Waals surface area contributed by atoms with Crippen molar-refractivity contribution >= 4 is 20.8 Å². The van der Waals surface area contributed by atoms with Crippen molar-refractivity contribution in [3.05, 3.63) is 42.5 Å². The number of benzene rings is 2. The molecule has 0 unspecified atom stereocenters. The Hall–Kier alpha value is -1.90. The van der Waals surface area contributed by atoms with E-state index < -0.39 is 15.6 Å². The van der Waals surface area contributed by atoms with Crippen LogP contribution in [0.15, 0.2) is 47.4 Å². The molecule has 0 heterocycles. The molecule has 1 fully saturated rings. The third-order valence-electron chi connectivity index (χ3n) is 4.00. The van der Waals surface area contributed by atoms with Crippen LogP contribution in [0.25, 0.3) is 10.8 Å². The van der Waals surface area contributed by atoms with Gasteiger partial charge in [-0.3, -0.25) is 0 Å². The van der Waals surface area contributed by atoms with Gasteiger partial charge in [-0.15, -0.1) is 0 Å². The Bertz CT molecular complexity index is 835. The number of rotatable bonds is 4. The van der Waals surface area contributed by atoms with E-state index in [9.17, 15) is 13.7 Å². The van der Waals surface area contributed by atoms with Gasteiger partial charge in [-0.05, 0) is 48.6 Å². The van der Waals surface area contributed by atoms with Crippen molar-refractivity contribution in [1.29, 1.82) is 5.26 Å². The predicted octanol–water partition coefficient (Wildman–Crippen LogP) is 2.81. The summed E-state index contributed by atoms with van der Waals surface area (Å²) in [6.07, 6.45) is 1.79. The summed E-state index contributed by atoms with van der Waals surface area (Å²) in [7, 11) is -3.70. The Morgan fingerprint density at radius 1 is 1.19 bits per heavy atom. The monoisotopic (exact) mass is 300 g/mol. The Balaban J connectivity index is 1.98. The molecule has 1 atom stereocenters. The molecule has 0 aliphatic heterocycles. The van der Waals surface area contributed by atoms with Crippen LogP contribution in [-0.2, 0) is 10.0 Å². The molecule has 4 nitrogen and oxygen atoms in total. The molecular weight excluding hydrogens is 284 g/mol. The fourth-order valence-corrected chi connectivity index (χ4v) is 3.95. The lowest BCUT2D eigenvalue weighted by Crippen LogP contribution is -2.46. The minimum absolute atomic E-state index is 0.109. The van der Waals surface area contributed by atoms with Gasteiger partial charge in [-0.1, -0.05) is 30.3 Å². The zero-order valence-corrected chi connectivity index (χ0v) is 12.5. The van der Waals surface area contributed by atoms with Gasteiger partial charge in [0.25, 0.3) is 0 Å². The van der Waals surface area contributed by atoms with Crippen LogP contribution in [0.4, 0.5) is 0 Å². The number of hydrogen-bond donors (Lipinski definition) is 1. The molecule has 1 aliphatic carbocycles. The second-order valence-electron chi connectivity index (χ2n) is 5.70. The molecule has 0 spiro atoms. The Morgan fingerprint density at radius 3 is 2.48 bits per heavy atom. The van der Waals surface area contributed by atoms with Gasteiger partial charge in [0.15, 0.2) is 0 Å². The zero-order chi connectivity index (χ0) is 15.1.